The number of methoxy groups -OCH3 is 1. The van der Waals surface area contributed by atoms with Crippen molar-refractivity contribution in [3.63, 3.8) is 0 Å². The molecule has 1 aliphatic carbocycles. The Balaban J connectivity index is 2.39. The topological polar surface area (TPSA) is 48.3 Å². The number of hydrogen-bond acceptors (Lipinski definition) is 4. The zero-order valence-corrected chi connectivity index (χ0v) is 12.5. The molecule has 1 atom stereocenters. The van der Waals surface area contributed by atoms with E-state index >= 15 is 0 Å². The smallest absolute Gasteiger partial charge is 0.125 e. The third-order valence-electron chi connectivity index (χ3n) is 3.89. The van der Waals surface area contributed by atoms with Crippen molar-refractivity contribution in [3.05, 3.63) is 23.8 Å². The predicted octanol–water partition coefficient (Wildman–Crippen LogP) is 2.86. The SMILES string of the molecule is CNC(C)c1c(OC)cccc1N(CCC#N)C1CC1. The summed E-state index contributed by atoms with van der Waals surface area (Å²) in [5.41, 5.74) is 2.38. The summed E-state index contributed by atoms with van der Waals surface area (Å²) in [4.78, 5) is 2.37. The van der Waals surface area contributed by atoms with Crippen molar-refractivity contribution in [1.29, 1.82) is 5.26 Å². The summed E-state index contributed by atoms with van der Waals surface area (Å²) in [7, 11) is 3.67. The Bertz CT molecular complexity index is 491. The highest BCUT2D eigenvalue weighted by atomic mass is 16.5. The average Bonchev–Trinajstić information content (AvgIpc) is 3.31. The van der Waals surface area contributed by atoms with E-state index in [1.807, 2.05) is 19.2 Å². The molecule has 108 valence electrons. The van der Waals surface area contributed by atoms with Crippen LogP contribution in [0.3, 0.4) is 0 Å². The Morgan fingerprint density at radius 1 is 1.50 bits per heavy atom. The molecule has 4 heteroatoms. The van der Waals surface area contributed by atoms with Crippen LogP contribution in [0.1, 0.15) is 37.8 Å². The highest BCUT2D eigenvalue weighted by molar-refractivity contribution is 5.62. The van der Waals surface area contributed by atoms with Gasteiger partial charge in [0, 0.05) is 29.9 Å². The Hall–Kier alpha value is -1.73. The van der Waals surface area contributed by atoms with E-state index in [0.29, 0.717) is 12.5 Å². The minimum Gasteiger partial charge on any atom is -0.496 e. The van der Waals surface area contributed by atoms with Crippen molar-refractivity contribution < 1.29 is 4.74 Å². The van der Waals surface area contributed by atoms with Gasteiger partial charge in [0.2, 0.25) is 0 Å². The van der Waals surface area contributed by atoms with Crippen LogP contribution >= 0.6 is 0 Å². The van der Waals surface area contributed by atoms with Crippen molar-refractivity contribution in [3.8, 4) is 11.8 Å². The molecule has 2 rings (SSSR count). The minimum absolute atomic E-state index is 0.212. The number of rotatable bonds is 7. The van der Waals surface area contributed by atoms with E-state index in [9.17, 15) is 0 Å². The minimum atomic E-state index is 0.212. The molecule has 0 aliphatic heterocycles. The van der Waals surface area contributed by atoms with Crippen LogP contribution in [0.5, 0.6) is 5.75 Å². The summed E-state index contributed by atoms with van der Waals surface area (Å²) in [5, 5.41) is 12.2. The number of benzene rings is 1. The van der Waals surface area contributed by atoms with Crippen molar-refractivity contribution in [2.75, 3.05) is 25.6 Å². The first-order valence-electron chi connectivity index (χ1n) is 7.20. The molecule has 1 unspecified atom stereocenters. The quantitative estimate of drug-likeness (QED) is 0.830. The highest BCUT2D eigenvalue weighted by Gasteiger charge is 2.31. The molecule has 0 radical (unpaired) electrons. The Labute approximate surface area is 121 Å². The van der Waals surface area contributed by atoms with Crippen molar-refractivity contribution >= 4 is 5.69 Å². The van der Waals surface area contributed by atoms with Gasteiger partial charge in [0.05, 0.1) is 19.6 Å². The van der Waals surface area contributed by atoms with Crippen LogP contribution < -0.4 is 15.0 Å². The molecule has 0 amide bonds. The Morgan fingerprint density at radius 2 is 2.25 bits per heavy atom. The second kappa shape index (κ2) is 6.62. The summed E-state index contributed by atoms with van der Waals surface area (Å²) >= 11 is 0. The van der Waals surface area contributed by atoms with Crippen LogP contribution in [0.4, 0.5) is 5.69 Å². The van der Waals surface area contributed by atoms with Crippen LogP contribution in [0.25, 0.3) is 0 Å². The first-order chi connectivity index (χ1) is 9.72. The van der Waals surface area contributed by atoms with Gasteiger partial charge < -0.3 is 15.0 Å². The number of nitrogens with zero attached hydrogens (tertiary/aromatic N) is 2. The molecule has 1 fully saturated rings. The van der Waals surface area contributed by atoms with Crippen molar-refractivity contribution in [2.24, 2.45) is 0 Å². The largest absolute Gasteiger partial charge is 0.496 e. The van der Waals surface area contributed by atoms with Gasteiger partial charge in [0.1, 0.15) is 5.75 Å². The Morgan fingerprint density at radius 3 is 2.80 bits per heavy atom. The maximum atomic E-state index is 8.88. The molecule has 1 aromatic carbocycles. The molecule has 1 aliphatic rings. The second-order valence-corrected chi connectivity index (χ2v) is 5.24. The number of ether oxygens (including phenoxy) is 1. The van der Waals surface area contributed by atoms with Gasteiger partial charge in [0.25, 0.3) is 0 Å². The van der Waals surface area contributed by atoms with E-state index in [1.165, 1.54) is 24.1 Å². The van der Waals surface area contributed by atoms with E-state index in [-0.39, 0.29) is 6.04 Å². The first kappa shape index (κ1) is 14.7. The molecular weight excluding hydrogens is 250 g/mol. The van der Waals surface area contributed by atoms with E-state index in [1.54, 1.807) is 7.11 Å². The van der Waals surface area contributed by atoms with E-state index in [2.05, 4.69) is 29.3 Å². The summed E-state index contributed by atoms with van der Waals surface area (Å²) in [6, 6.07) is 9.22. The van der Waals surface area contributed by atoms with E-state index < -0.39 is 0 Å². The lowest BCUT2D eigenvalue weighted by molar-refractivity contribution is 0.403. The summed E-state index contributed by atoms with van der Waals surface area (Å²) < 4.78 is 5.53. The van der Waals surface area contributed by atoms with E-state index in [4.69, 9.17) is 10.00 Å². The monoisotopic (exact) mass is 273 g/mol. The normalized spacial score (nSPS) is 15.5. The number of anilines is 1. The van der Waals surface area contributed by atoms with Gasteiger partial charge in [-0.25, -0.2) is 0 Å². The maximum Gasteiger partial charge on any atom is 0.125 e. The summed E-state index contributed by atoms with van der Waals surface area (Å²) in [6.07, 6.45) is 2.99. The highest BCUT2D eigenvalue weighted by Crippen LogP contribution is 2.39. The van der Waals surface area contributed by atoms with Gasteiger partial charge in [-0.05, 0) is 38.9 Å². The number of nitriles is 1. The van der Waals surface area contributed by atoms with Gasteiger partial charge in [0.15, 0.2) is 0 Å². The molecule has 0 heterocycles. The molecule has 20 heavy (non-hydrogen) atoms. The van der Waals surface area contributed by atoms with E-state index in [0.717, 1.165) is 12.3 Å². The van der Waals surface area contributed by atoms with Crippen LogP contribution in [-0.4, -0.2) is 26.7 Å². The molecule has 0 aromatic heterocycles. The second-order valence-electron chi connectivity index (χ2n) is 5.24. The zero-order valence-electron chi connectivity index (χ0n) is 12.5. The molecule has 0 bridgehead atoms. The molecule has 4 nitrogen and oxygen atoms in total. The Kier molecular flexibility index (Phi) is 4.86. The fourth-order valence-corrected chi connectivity index (χ4v) is 2.60. The zero-order chi connectivity index (χ0) is 14.5. The lowest BCUT2D eigenvalue weighted by atomic mass is 10.0. The number of hydrogen-bond donors (Lipinski definition) is 1. The van der Waals surface area contributed by atoms with Gasteiger partial charge in [-0.15, -0.1) is 0 Å². The van der Waals surface area contributed by atoms with Gasteiger partial charge in [-0.3, -0.25) is 0 Å². The molecule has 0 saturated heterocycles. The van der Waals surface area contributed by atoms with Crippen LogP contribution in [-0.2, 0) is 0 Å². The van der Waals surface area contributed by atoms with Gasteiger partial charge >= 0.3 is 0 Å². The average molecular weight is 273 g/mol. The lowest BCUT2D eigenvalue weighted by Crippen LogP contribution is -2.29. The molecule has 0 spiro atoms. The predicted molar refractivity (Wildman–Crippen MR) is 81.1 cm³/mol. The maximum absolute atomic E-state index is 8.88. The van der Waals surface area contributed by atoms with Gasteiger partial charge in [-0.2, -0.15) is 5.26 Å². The fraction of sp³-hybridized carbons (Fsp3) is 0.562. The summed E-state index contributed by atoms with van der Waals surface area (Å²) in [6.45, 7) is 2.93. The first-order valence-corrected chi connectivity index (χ1v) is 7.20. The fourth-order valence-electron chi connectivity index (χ4n) is 2.60. The standard InChI is InChI=1S/C16H23N3O/c1-12(18-2)16-14(6-4-7-15(16)20-3)19(11-5-10-17)13-8-9-13/h4,6-7,12-13,18H,5,8-9,11H2,1-3H3. The lowest BCUT2D eigenvalue weighted by Gasteiger charge is -2.29. The van der Waals surface area contributed by atoms with Crippen LogP contribution in [0.2, 0.25) is 0 Å². The molecular formula is C16H23N3O. The van der Waals surface area contributed by atoms with Crippen molar-refractivity contribution in [1.82, 2.24) is 5.32 Å². The molecule has 1 aromatic rings. The summed E-state index contributed by atoms with van der Waals surface area (Å²) in [5.74, 6) is 0.909. The van der Waals surface area contributed by atoms with Gasteiger partial charge in [-0.1, -0.05) is 6.07 Å². The van der Waals surface area contributed by atoms with Crippen molar-refractivity contribution in [2.45, 2.75) is 38.3 Å². The molecule has 1 saturated carbocycles. The third-order valence-corrected chi connectivity index (χ3v) is 3.89. The third kappa shape index (κ3) is 3.05. The number of nitrogens with one attached hydrogen (secondary N) is 1. The molecule has 1 N–H and O–H groups in total. The van der Waals surface area contributed by atoms with Crippen LogP contribution in [0, 0.1) is 11.3 Å². The van der Waals surface area contributed by atoms with Crippen LogP contribution in [0.15, 0.2) is 18.2 Å².